The van der Waals surface area contributed by atoms with Crippen molar-refractivity contribution in [2.75, 3.05) is 31.6 Å². The molecule has 2 aliphatic rings. The molecule has 18 heavy (non-hydrogen) atoms. The Hall–Kier alpha value is -1.42. The van der Waals surface area contributed by atoms with Gasteiger partial charge in [-0.15, -0.1) is 0 Å². The molecule has 0 bridgehead atoms. The number of benzene rings is 1. The van der Waals surface area contributed by atoms with Crippen molar-refractivity contribution < 1.29 is 9.47 Å². The van der Waals surface area contributed by atoms with Gasteiger partial charge in [0.15, 0.2) is 11.5 Å². The average Bonchev–Trinajstić information content (AvgIpc) is 2.80. The molecule has 4 nitrogen and oxygen atoms in total. The predicted molar refractivity (Wildman–Crippen MR) is 71.6 cm³/mol. The van der Waals surface area contributed by atoms with Crippen LogP contribution in [0.15, 0.2) is 18.2 Å². The van der Waals surface area contributed by atoms with Gasteiger partial charge in [-0.05, 0) is 31.5 Å². The summed E-state index contributed by atoms with van der Waals surface area (Å²) in [6.45, 7) is 3.60. The standard InChI is InChI=1S/C14H20N2O2/c1-3-12(15-6-1)10-16-11-4-5-13-14(9-11)18-8-2-7-17-13/h4-5,9,12,15-16H,1-3,6-8,10H2. The maximum Gasteiger partial charge on any atom is 0.163 e. The first-order chi connectivity index (χ1) is 8.92. The Kier molecular flexibility index (Phi) is 3.55. The lowest BCUT2D eigenvalue weighted by Gasteiger charge is -2.14. The normalized spacial score (nSPS) is 22.6. The highest BCUT2D eigenvalue weighted by Gasteiger charge is 2.14. The van der Waals surface area contributed by atoms with Gasteiger partial charge >= 0.3 is 0 Å². The second-order valence-corrected chi connectivity index (χ2v) is 4.89. The van der Waals surface area contributed by atoms with E-state index in [1.807, 2.05) is 12.1 Å². The van der Waals surface area contributed by atoms with Crippen molar-refractivity contribution in [1.82, 2.24) is 5.32 Å². The van der Waals surface area contributed by atoms with Crippen molar-refractivity contribution in [1.29, 1.82) is 0 Å². The molecular weight excluding hydrogens is 228 g/mol. The van der Waals surface area contributed by atoms with E-state index in [-0.39, 0.29) is 0 Å². The minimum Gasteiger partial charge on any atom is -0.490 e. The lowest BCUT2D eigenvalue weighted by molar-refractivity contribution is 0.297. The van der Waals surface area contributed by atoms with E-state index in [2.05, 4.69) is 16.7 Å². The molecule has 4 heteroatoms. The Morgan fingerprint density at radius 1 is 1.17 bits per heavy atom. The van der Waals surface area contributed by atoms with Crippen LogP contribution in [0.5, 0.6) is 11.5 Å². The Balaban J connectivity index is 1.63. The van der Waals surface area contributed by atoms with E-state index in [9.17, 15) is 0 Å². The molecule has 0 aromatic heterocycles. The predicted octanol–water partition coefficient (Wildman–Crippen LogP) is 2.01. The molecule has 0 radical (unpaired) electrons. The molecule has 1 saturated heterocycles. The van der Waals surface area contributed by atoms with Crippen molar-refractivity contribution in [2.45, 2.75) is 25.3 Å². The molecule has 2 heterocycles. The Morgan fingerprint density at radius 2 is 2.06 bits per heavy atom. The summed E-state index contributed by atoms with van der Waals surface area (Å²) in [5.41, 5.74) is 1.10. The van der Waals surface area contributed by atoms with Gasteiger partial charge in [-0.2, -0.15) is 0 Å². The highest BCUT2D eigenvalue weighted by atomic mass is 16.5. The van der Waals surface area contributed by atoms with E-state index in [4.69, 9.17) is 9.47 Å². The third-order valence-electron chi connectivity index (χ3n) is 3.46. The second kappa shape index (κ2) is 5.48. The first-order valence-corrected chi connectivity index (χ1v) is 6.79. The van der Waals surface area contributed by atoms with Crippen LogP contribution >= 0.6 is 0 Å². The molecule has 2 aliphatic heterocycles. The molecule has 98 valence electrons. The number of ether oxygens (including phenoxy) is 2. The lowest BCUT2D eigenvalue weighted by Crippen LogP contribution is -2.29. The fraction of sp³-hybridized carbons (Fsp3) is 0.571. The minimum atomic E-state index is 0.598. The molecule has 1 aromatic rings. The van der Waals surface area contributed by atoms with Crippen LogP contribution in [0, 0.1) is 0 Å². The fourth-order valence-electron chi connectivity index (χ4n) is 2.45. The summed E-state index contributed by atoms with van der Waals surface area (Å²) in [5, 5.41) is 6.94. The number of nitrogens with one attached hydrogen (secondary N) is 2. The van der Waals surface area contributed by atoms with Gasteiger partial charge in [0.05, 0.1) is 13.2 Å². The topological polar surface area (TPSA) is 42.5 Å². The first kappa shape index (κ1) is 11.7. The molecule has 1 unspecified atom stereocenters. The van der Waals surface area contributed by atoms with E-state index in [1.165, 1.54) is 12.8 Å². The summed E-state index contributed by atoms with van der Waals surface area (Å²) in [4.78, 5) is 0. The number of rotatable bonds is 3. The average molecular weight is 248 g/mol. The second-order valence-electron chi connectivity index (χ2n) is 4.89. The highest BCUT2D eigenvalue weighted by Crippen LogP contribution is 2.32. The summed E-state index contributed by atoms with van der Waals surface area (Å²) in [5.74, 6) is 1.72. The van der Waals surface area contributed by atoms with Crippen LogP contribution in [0.25, 0.3) is 0 Å². The lowest BCUT2D eigenvalue weighted by atomic mass is 10.2. The molecule has 0 amide bonds. The molecule has 2 N–H and O–H groups in total. The fourth-order valence-corrected chi connectivity index (χ4v) is 2.45. The van der Waals surface area contributed by atoms with E-state index >= 15 is 0 Å². The van der Waals surface area contributed by atoms with E-state index in [1.54, 1.807) is 0 Å². The van der Waals surface area contributed by atoms with Crippen LogP contribution in [-0.2, 0) is 0 Å². The zero-order valence-corrected chi connectivity index (χ0v) is 10.6. The summed E-state index contributed by atoms with van der Waals surface area (Å²) < 4.78 is 11.3. The van der Waals surface area contributed by atoms with Crippen LogP contribution in [0.3, 0.4) is 0 Å². The minimum absolute atomic E-state index is 0.598. The molecule has 1 aromatic carbocycles. The molecule has 0 spiro atoms. The van der Waals surface area contributed by atoms with Gasteiger partial charge in [0.1, 0.15) is 0 Å². The number of fused-ring (bicyclic) bond motifs is 1. The number of hydrogen-bond donors (Lipinski definition) is 2. The smallest absolute Gasteiger partial charge is 0.163 e. The van der Waals surface area contributed by atoms with Gasteiger partial charge in [0.25, 0.3) is 0 Å². The molecular formula is C14H20N2O2. The summed E-state index contributed by atoms with van der Waals surface area (Å²) in [6.07, 6.45) is 3.49. The first-order valence-electron chi connectivity index (χ1n) is 6.79. The van der Waals surface area contributed by atoms with E-state index in [0.717, 1.165) is 49.9 Å². The van der Waals surface area contributed by atoms with Gasteiger partial charge < -0.3 is 20.1 Å². The van der Waals surface area contributed by atoms with Gasteiger partial charge in [-0.1, -0.05) is 0 Å². The zero-order valence-electron chi connectivity index (χ0n) is 10.6. The number of hydrogen-bond acceptors (Lipinski definition) is 4. The monoisotopic (exact) mass is 248 g/mol. The van der Waals surface area contributed by atoms with E-state index in [0.29, 0.717) is 6.04 Å². The highest BCUT2D eigenvalue weighted by molar-refractivity contribution is 5.55. The maximum absolute atomic E-state index is 5.68. The van der Waals surface area contributed by atoms with Crippen LogP contribution in [0.4, 0.5) is 5.69 Å². The Bertz CT molecular complexity index is 403. The Labute approximate surface area is 108 Å². The van der Waals surface area contributed by atoms with Crippen molar-refractivity contribution in [3.63, 3.8) is 0 Å². The van der Waals surface area contributed by atoms with Crippen molar-refractivity contribution in [2.24, 2.45) is 0 Å². The summed E-state index contributed by atoms with van der Waals surface area (Å²) in [6, 6.07) is 6.68. The van der Waals surface area contributed by atoms with Crippen LogP contribution in [0.2, 0.25) is 0 Å². The Morgan fingerprint density at radius 3 is 2.89 bits per heavy atom. The van der Waals surface area contributed by atoms with Gasteiger partial charge in [-0.25, -0.2) is 0 Å². The van der Waals surface area contributed by atoms with Crippen molar-refractivity contribution >= 4 is 5.69 Å². The van der Waals surface area contributed by atoms with Crippen LogP contribution in [-0.4, -0.2) is 32.3 Å². The van der Waals surface area contributed by atoms with Crippen molar-refractivity contribution in [3.05, 3.63) is 18.2 Å². The molecule has 1 fully saturated rings. The van der Waals surface area contributed by atoms with Crippen LogP contribution in [0.1, 0.15) is 19.3 Å². The quantitative estimate of drug-likeness (QED) is 0.858. The van der Waals surface area contributed by atoms with Gasteiger partial charge in [-0.3, -0.25) is 0 Å². The third-order valence-corrected chi connectivity index (χ3v) is 3.46. The maximum atomic E-state index is 5.68. The van der Waals surface area contributed by atoms with Crippen LogP contribution < -0.4 is 20.1 Å². The van der Waals surface area contributed by atoms with Crippen molar-refractivity contribution in [3.8, 4) is 11.5 Å². The van der Waals surface area contributed by atoms with E-state index < -0.39 is 0 Å². The summed E-state index contributed by atoms with van der Waals surface area (Å²) in [7, 11) is 0. The molecule has 0 aliphatic carbocycles. The van der Waals surface area contributed by atoms with Gasteiger partial charge in [0, 0.05) is 30.8 Å². The zero-order chi connectivity index (χ0) is 12.2. The molecule has 1 atom stereocenters. The molecule has 0 saturated carbocycles. The van der Waals surface area contributed by atoms with Gasteiger partial charge in [0.2, 0.25) is 0 Å². The SMILES string of the molecule is c1cc2c(cc1NCC1CCCN1)OCCCO2. The molecule has 3 rings (SSSR count). The third kappa shape index (κ3) is 2.70. The number of anilines is 1. The largest absolute Gasteiger partial charge is 0.490 e. The summed E-state index contributed by atoms with van der Waals surface area (Å²) >= 11 is 0.